The molecule has 0 nitrogen and oxygen atoms in total. The summed E-state index contributed by atoms with van der Waals surface area (Å²) >= 11 is 0. The Hall–Kier alpha value is -3.32. The lowest BCUT2D eigenvalue weighted by Gasteiger charge is -1.91. The highest BCUT2D eigenvalue weighted by atomic mass is 13.9. The van der Waals surface area contributed by atoms with E-state index in [9.17, 15) is 0 Å². The van der Waals surface area contributed by atoms with Gasteiger partial charge in [-0.3, -0.25) is 0 Å². The molecule has 0 N–H and O–H groups in total. The highest BCUT2D eigenvalue weighted by molar-refractivity contribution is 5.43. The fourth-order valence-corrected chi connectivity index (χ4v) is 1.90. The van der Waals surface area contributed by atoms with Crippen LogP contribution < -0.4 is 0 Å². The van der Waals surface area contributed by atoms with Gasteiger partial charge in [0.25, 0.3) is 0 Å². The summed E-state index contributed by atoms with van der Waals surface area (Å²) in [7, 11) is 0. The molecule has 0 fully saturated rings. The van der Waals surface area contributed by atoms with E-state index in [1.807, 2.05) is 62.4 Å². The molecule has 0 spiro atoms. The van der Waals surface area contributed by atoms with Gasteiger partial charge in [0.2, 0.25) is 0 Å². The van der Waals surface area contributed by atoms with Gasteiger partial charge in [-0.1, -0.05) is 35.5 Å². The van der Waals surface area contributed by atoms with Crippen molar-refractivity contribution in [3.63, 3.8) is 0 Å². The molecule has 0 amide bonds. The molecule has 23 heavy (non-hydrogen) atoms. The van der Waals surface area contributed by atoms with Crippen molar-refractivity contribution in [1.82, 2.24) is 0 Å². The van der Waals surface area contributed by atoms with Crippen LogP contribution >= 0.6 is 0 Å². The van der Waals surface area contributed by atoms with Gasteiger partial charge in [-0.2, -0.15) is 0 Å². The Morgan fingerprint density at radius 1 is 0.522 bits per heavy atom. The summed E-state index contributed by atoms with van der Waals surface area (Å²) in [5.74, 6) is 24.1. The van der Waals surface area contributed by atoms with E-state index in [0.717, 1.165) is 22.3 Å². The Balaban J connectivity index is 1.94. The van der Waals surface area contributed by atoms with E-state index < -0.39 is 0 Å². The summed E-state index contributed by atoms with van der Waals surface area (Å²) in [6, 6.07) is 15.8. The first-order chi connectivity index (χ1) is 11.3. The van der Waals surface area contributed by atoms with Crippen LogP contribution in [0.4, 0.5) is 0 Å². The molecule has 0 aliphatic heterocycles. The van der Waals surface area contributed by atoms with Crippen molar-refractivity contribution in [3.8, 4) is 47.4 Å². The molecule has 0 saturated carbocycles. The molecule has 0 aromatic heterocycles. The molecule has 0 aliphatic rings. The highest BCUT2D eigenvalue weighted by Crippen LogP contribution is 2.03. The summed E-state index contributed by atoms with van der Waals surface area (Å²) in [6.07, 6.45) is 0.549. The van der Waals surface area contributed by atoms with Gasteiger partial charge in [-0.15, -0.1) is 11.8 Å². The van der Waals surface area contributed by atoms with Gasteiger partial charge >= 0.3 is 0 Å². The van der Waals surface area contributed by atoms with Crippen molar-refractivity contribution in [2.75, 3.05) is 0 Å². The van der Waals surface area contributed by atoms with Crippen LogP contribution in [0, 0.1) is 47.4 Å². The van der Waals surface area contributed by atoms with Crippen molar-refractivity contribution in [2.24, 2.45) is 0 Å². The molecule has 0 aliphatic carbocycles. The topological polar surface area (TPSA) is 0 Å². The van der Waals surface area contributed by atoms with Crippen LogP contribution in [0.2, 0.25) is 0 Å². The van der Waals surface area contributed by atoms with E-state index in [1.165, 1.54) is 0 Å². The monoisotopic (exact) mass is 292 g/mol. The van der Waals surface area contributed by atoms with E-state index in [-0.39, 0.29) is 0 Å². The lowest BCUT2D eigenvalue weighted by Crippen LogP contribution is -1.77. The molecule has 0 unspecified atom stereocenters. The second-order valence-electron chi connectivity index (χ2n) is 4.69. The third-order valence-electron chi connectivity index (χ3n) is 2.95. The zero-order valence-electron chi connectivity index (χ0n) is 13.3. The number of hydrogen-bond acceptors (Lipinski definition) is 0. The molecule has 0 heteroatoms. The van der Waals surface area contributed by atoms with E-state index in [0.29, 0.717) is 6.42 Å². The second kappa shape index (κ2) is 8.85. The lowest BCUT2D eigenvalue weighted by molar-refractivity contribution is 1.53. The van der Waals surface area contributed by atoms with Crippen LogP contribution in [0.25, 0.3) is 0 Å². The Morgan fingerprint density at radius 2 is 0.826 bits per heavy atom. The standard InChI is InChI=1S/C23H16/c1-3-8-20-12-16-22(17-13-20)10-6-5-7-11-23-18-14-21(9-4-2)15-19-23/h12-19H,5H2,1-2H3. The summed E-state index contributed by atoms with van der Waals surface area (Å²) in [4.78, 5) is 0. The van der Waals surface area contributed by atoms with Gasteiger partial charge in [-0.05, 0) is 62.4 Å². The predicted molar refractivity (Wildman–Crippen MR) is 96.4 cm³/mol. The number of hydrogen-bond donors (Lipinski definition) is 0. The van der Waals surface area contributed by atoms with E-state index in [2.05, 4.69) is 47.4 Å². The minimum atomic E-state index is 0.549. The van der Waals surface area contributed by atoms with Crippen molar-refractivity contribution >= 4 is 0 Å². The first-order valence-electron chi connectivity index (χ1n) is 7.35. The SMILES string of the molecule is CC#Cc1ccc(C#CCC#Cc2ccc(C#CC)cc2)cc1. The second-order valence-corrected chi connectivity index (χ2v) is 4.69. The molecular weight excluding hydrogens is 276 g/mol. The average Bonchev–Trinajstić information content (AvgIpc) is 2.58. The fraction of sp³-hybridized carbons (Fsp3) is 0.130. The molecule has 2 aromatic carbocycles. The molecule has 2 rings (SSSR count). The van der Waals surface area contributed by atoms with Gasteiger partial charge in [0.15, 0.2) is 0 Å². The maximum absolute atomic E-state index is 3.11. The van der Waals surface area contributed by atoms with Crippen LogP contribution in [0.1, 0.15) is 42.5 Å². The maximum atomic E-state index is 3.11. The Morgan fingerprint density at radius 3 is 1.13 bits per heavy atom. The van der Waals surface area contributed by atoms with Crippen molar-refractivity contribution in [2.45, 2.75) is 20.3 Å². The molecular formula is C23H16. The lowest BCUT2D eigenvalue weighted by atomic mass is 10.1. The average molecular weight is 292 g/mol. The maximum Gasteiger partial charge on any atom is 0.0710 e. The zero-order chi connectivity index (χ0) is 16.3. The van der Waals surface area contributed by atoms with Crippen LogP contribution in [0.15, 0.2) is 48.5 Å². The van der Waals surface area contributed by atoms with Gasteiger partial charge in [-0.25, -0.2) is 0 Å². The van der Waals surface area contributed by atoms with Gasteiger partial charge < -0.3 is 0 Å². The largest absolute Gasteiger partial charge is 0.101 e. The quantitative estimate of drug-likeness (QED) is 0.638. The Bertz CT molecular complexity index is 816. The fourth-order valence-electron chi connectivity index (χ4n) is 1.90. The zero-order valence-corrected chi connectivity index (χ0v) is 13.3. The van der Waals surface area contributed by atoms with Gasteiger partial charge in [0, 0.05) is 22.3 Å². The highest BCUT2D eigenvalue weighted by Gasteiger charge is 1.88. The first-order valence-corrected chi connectivity index (χ1v) is 7.35. The summed E-state index contributed by atoms with van der Waals surface area (Å²) in [6.45, 7) is 3.66. The normalized spacial score (nSPS) is 8.09. The molecule has 108 valence electrons. The van der Waals surface area contributed by atoms with Crippen LogP contribution in [0.3, 0.4) is 0 Å². The third-order valence-corrected chi connectivity index (χ3v) is 2.95. The smallest absolute Gasteiger partial charge is 0.0710 e. The molecule has 0 bridgehead atoms. The van der Waals surface area contributed by atoms with Crippen molar-refractivity contribution in [3.05, 3.63) is 70.8 Å². The summed E-state index contributed by atoms with van der Waals surface area (Å²) < 4.78 is 0. The molecule has 2 aromatic rings. The van der Waals surface area contributed by atoms with Gasteiger partial charge in [0.05, 0.1) is 6.42 Å². The Kier molecular flexibility index (Phi) is 6.18. The number of rotatable bonds is 0. The van der Waals surface area contributed by atoms with Crippen molar-refractivity contribution < 1.29 is 0 Å². The minimum absolute atomic E-state index is 0.549. The molecule has 0 radical (unpaired) electrons. The Labute approximate surface area is 138 Å². The number of benzene rings is 2. The van der Waals surface area contributed by atoms with Crippen LogP contribution in [0.5, 0.6) is 0 Å². The third kappa shape index (κ3) is 5.52. The van der Waals surface area contributed by atoms with Crippen molar-refractivity contribution in [1.29, 1.82) is 0 Å². The van der Waals surface area contributed by atoms with E-state index in [1.54, 1.807) is 0 Å². The molecule has 0 heterocycles. The summed E-state index contributed by atoms with van der Waals surface area (Å²) in [5, 5.41) is 0. The molecule has 0 saturated heterocycles. The van der Waals surface area contributed by atoms with Crippen LogP contribution in [-0.4, -0.2) is 0 Å². The minimum Gasteiger partial charge on any atom is -0.101 e. The predicted octanol–water partition coefficient (Wildman–Crippen LogP) is 4.22. The molecule has 0 atom stereocenters. The van der Waals surface area contributed by atoms with Gasteiger partial charge in [0.1, 0.15) is 0 Å². The van der Waals surface area contributed by atoms with Crippen LogP contribution in [-0.2, 0) is 0 Å². The van der Waals surface area contributed by atoms with E-state index in [4.69, 9.17) is 0 Å². The summed E-state index contributed by atoms with van der Waals surface area (Å²) in [5.41, 5.74) is 3.98. The van der Waals surface area contributed by atoms with E-state index >= 15 is 0 Å². The first kappa shape index (κ1) is 16.1.